The summed E-state index contributed by atoms with van der Waals surface area (Å²) in [5.41, 5.74) is 1.88. The maximum atomic E-state index is 11.3. The Morgan fingerprint density at radius 3 is 2.44 bits per heavy atom. The number of nitrogens with one attached hydrogen (secondary N) is 2. The molecule has 0 aliphatic rings. The third kappa shape index (κ3) is 5.19. The van der Waals surface area contributed by atoms with Gasteiger partial charge in [-0.25, -0.2) is 4.79 Å². The number of hydrogen-bond acceptors (Lipinski definition) is 2. The molecule has 18 heavy (non-hydrogen) atoms. The van der Waals surface area contributed by atoms with Crippen molar-refractivity contribution in [2.45, 2.75) is 26.2 Å². The van der Waals surface area contributed by atoms with Crippen molar-refractivity contribution in [1.82, 2.24) is 5.32 Å². The van der Waals surface area contributed by atoms with E-state index in [0.29, 0.717) is 5.69 Å². The van der Waals surface area contributed by atoms with Crippen LogP contribution in [0.15, 0.2) is 24.3 Å². The van der Waals surface area contributed by atoms with Gasteiger partial charge in [0.2, 0.25) is 5.91 Å². The lowest BCUT2D eigenvalue weighted by Gasteiger charge is -2.06. The normalized spacial score (nSPS) is 9.89. The number of rotatable bonds is 5. The van der Waals surface area contributed by atoms with Gasteiger partial charge in [-0.1, -0.05) is 25.5 Å². The molecule has 0 unspecified atom stereocenters. The summed E-state index contributed by atoms with van der Waals surface area (Å²) < 4.78 is 0. The quantitative estimate of drug-likeness (QED) is 0.807. The Labute approximate surface area is 112 Å². The molecule has 0 spiro atoms. The fourth-order valence-electron chi connectivity index (χ4n) is 1.46. The zero-order valence-electron chi connectivity index (χ0n) is 10.3. The number of anilines is 1. The van der Waals surface area contributed by atoms with Crippen LogP contribution >= 0.6 is 11.6 Å². The highest BCUT2D eigenvalue weighted by molar-refractivity contribution is 6.28. The first kappa shape index (κ1) is 14.5. The highest BCUT2D eigenvalue weighted by Gasteiger charge is 2.06. The Morgan fingerprint density at radius 2 is 1.89 bits per heavy atom. The molecular weight excluding hydrogens is 252 g/mol. The minimum absolute atomic E-state index is 0.233. The van der Waals surface area contributed by atoms with Gasteiger partial charge in [0.15, 0.2) is 0 Å². The molecule has 1 rings (SSSR count). The van der Waals surface area contributed by atoms with Crippen LogP contribution in [0.1, 0.15) is 25.3 Å². The van der Waals surface area contributed by atoms with Crippen molar-refractivity contribution in [3.05, 3.63) is 29.8 Å². The van der Waals surface area contributed by atoms with Gasteiger partial charge in [-0.2, -0.15) is 0 Å². The molecule has 0 aromatic heterocycles. The average molecular weight is 269 g/mol. The summed E-state index contributed by atoms with van der Waals surface area (Å²) >= 11 is 5.28. The molecule has 5 heteroatoms. The van der Waals surface area contributed by atoms with E-state index in [0.717, 1.165) is 19.3 Å². The van der Waals surface area contributed by atoms with Gasteiger partial charge in [0, 0.05) is 5.69 Å². The first-order valence-corrected chi connectivity index (χ1v) is 6.45. The van der Waals surface area contributed by atoms with Crippen LogP contribution in [-0.4, -0.2) is 17.8 Å². The molecule has 0 radical (unpaired) electrons. The van der Waals surface area contributed by atoms with E-state index in [1.807, 2.05) is 24.3 Å². The molecule has 0 saturated heterocycles. The second-order valence-electron chi connectivity index (χ2n) is 3.94. The highest BCUT2D eigenvalue weighted by Crippen LogP contribution is 2.11. The van der Waals surface area contributed by atoms with E-state index in [-0.39, 0.29) is 5.88 Å². The lowest BCUT2D eigenvalue weighted by Crippen LogP contribution is -2.35. The Morgan fingerprint density at radius 1 is 1.22 bits per heavy atom. The number of urea groups is 1. The maximum Gasteiger partial charge on any atom is 0.325 e. The number of halogens is 1. The van der Waals surface area contributed by atoms with E-state index in [4.69, 9.17) is 11.6 Å². The number of aryl methyl sites for hydroxylation is 1. The molecule has 0 aliphatic carbocycles. The lowest BCUT2D eigenvalue weighted by atomic mass is 10.1. The summed E-state index contributed by atoms with van der Waals surface area (Å²) in [6, 6.07) is 7.00. The van der Waals surface area contributed by atoms with Gasteiger partial charge in [0.1, 0.15) is 5.88 Å². The first-order chi connectivity index (χ1) is 8.65. The molecule has 4 nitrogen and oxygen atoms in total. The van der Waals surface area contributed by atoms with E-state index < -0.39 is 11.9 Å². The van der Waals surface area contributed by atoms with Crippen molar-refractivity contribution in [1.29, 1.82) is 0 Å². The number of alkyl halides is 1. The highest BCUT2D eigenvalue weighted by atomic mass is 35.5. The zero-order chi connectivity index (χ0) is 13.4. The molecule has 0 fully saturated rings. The van der Waals surface area contributed by atoms with Crippen molar-refractivity contribution >= 4 is 29.2 Å². The second-order valence-corrected chi connectivity index (χ2v) is 4.20. The van der Waals surface area contributed by atoms with Crippen molar-refractivity contribution < 1.29 is 9.59 Å². The number of unbranched alkanes of at least 4 members (excludes halogenated alkanes) is 1. The van der Waals surface area contributed by atoms with Gasteiger partial charge >= 0.3 is 6.03 Å². The number of benzene rings is 1. The molecule has 0 heterocycles. The molecule has 3 amide bonds. The predicted octanol–water partition coefficient (Wildman–Crippen LogP) is 2.92. The molecule has 0 saturated carbocycles. The van der Waals surface area contributed by atoms with Crippen LogP contribution in [0.4, 0.5) is 10.5 Å². The van der Waals surface area contributed by atoms with Gasteiger partial charge in [-0.15, -0.1) is 11.6 Å². The smallest absolute Gasteiger partial charge is 0.308 e. The number of hydrogen-bond donors (Lipinski definition) is 2. The SMILES string of the molecule is CCCCc1ccc(NC(=O)NC(=O)CCl)cc1. The first-order valence-electron chi connectivity index (χ1n) is 5.91. The van der Waals surface area contributed by atoms with Gasteiger partial charge in [-0.3, -0.25) is 10.1 Å². The van der Waals surface area contributed by atoms with Gasteiger partial charge in [0.05, 0.1) is 0 Å². The molecular formula is C13H17ClN2O2. The standard InChI is InChI=1S/C13H17ClN2O2/c1-2-3-4-10-5-7-11(8-6-10)15-13(18)16-12(17)9-14/h5-8H,2-4,9H2,1H3,(H2,15,16,17,18). The van der Waals surface area contributed by atoms with Crippen LogP contribution in [0.2, 0.25) is 0 Å². The number of carbonyl (C=O) groups is 2. The molecule has 1 aromatic carbocycles. The maximum absolute atomic E-state index is 11.3. The van der Waals surface area contributed by atoms with E-state index in [1.54, 1.807) is 0 Å². The molecule has 2 N–H and O–H groups in total. The van der Waals surface area contributed by atoms with E-state index >= 15 is 0 Å². The van der Waals surface area contributed by atoms with Gasteiger partial charge in [0.25, 0.3) is 0 Å². The molecule has 1 aromatic rings. The fourth-order valence-corrected chi connectivity index (χ4v) is 1.52. The minimum Gasteiger partial charge on any atom is -0.308 e. The van der Waals surface area contributed by atoms with E-state index in [9.17, 15) is 9.59 Å². The Kier molecular flexibility index (Phi) is 6.22. The van der Waals surface area contributed by atoms with Gasteiger partial charge in [-0.05, 0) is 30.5 Å². The minimum atomic E-state index is -0.568. The summed E-state index contributed by atoms with van der Waals surface area (Å²) in [6.07, 6.45) is 3.34. The monoisotopic (exact) mass is 268 g/mol. The second kappa shape index (κ2) is 7.71. The molecule has 0 atom stereocenters. The van der Waals surface area contributed by atoms with Crippen molar-refractivity contribution in [3.8, 4) is 0 Å². The Balaban J connectivity index is 2.47. The van der Waals surface area contributed by atoms with Crippen LogP contribution in [-0.2, 0) is 11.2 Å². The summed E-state index contributed by atoms with van der Waals surface area (Å²) in [5, 5.41) is 4.67. The summed E-state index contributed by atoms with van der Waals surface area (Å²) in [6.45, 7) is 2.15. The van der Waals surface area contributed by atoms with Crippen LogP contribution in [0.3, 0.4) is 0 Å². The molecule has 0 bridgehead atoms. The van der Waals surface area contributed by atoms with Crippen LogP contribution in [0.5, 0.6) is 0 Å². The average Bonchev–Trinajstić information content (AvgIpc) is 2.37. The third-order valence-corrected chi connectivity index (χ3v) is 2.65. The number of amides is 3. The predicted molar refractivity (Wildman–Crippen MR) is 72.9 cm³/mol. The van der Waals surface area contributed by atoms with Gasteiger partial charge < -0.3 is 5.32 Å². The van der Waals surface area contributed by atoms with Crippen molar-refractivity contribution in [2.75, 3.05) is 11.2 Å². The van der Waals surface area contributed by atoms with Crippen molar-refractivity contribution in [2.24, 2.45) is 0 Å². The lowest BCUT2D eigenvalue weighted by molar-refractivity contribution is -0.117. The summed E-state index contributed by atoms with van der Waals surface area (Å²) in [5.74, 6) is -0.752. The van der Waals surface area contributed by atoms with Crippen molar-refractivity contribution in [3.63, 3.8) is 0 Å². The number of carbonyl (C=O) groups excluding carboxylic acids is 2. The molecule has 98 valence electrons. The fraction of sp³-hybridized carbons (Fsp3) is 0.385. The topological polar surface area (TPSA) is 58.2 Å². The van der Waals surface area contributed by atoms with Crippen LogP contribution < -0.4 is 10.6 Å². The van der Waals surface area contributed by atoms with Crippen LogP contribution in [0.25, 0.3) is 0 Å². The Hall–Kier alpha value is -1.55. The molecule has 0 aliphatic heterocycles. The van der Waals surface area contributed by atoms with E-state index in [1.165, 1.54) is 5.56 Å². The largest absolute Gasteiger partial charge is 0.325 e. The van der Waals surface area contributed by atoms with E-state index in [2.05, 4.69) is 17.6 Å². The third-order valence-electron chi connectivity index (χ3n) is 2.41. The Bertz CT molecular complexity index is 404. The summed E-state index contributed by atoms with van der Waals surface area (Å²) in [4.78, 5) is 22.2. The summed E-state index contributed by atoms with van der Waals surface area (Å²) in [7, 11) is 0. The van der Waals surface area contributed by atoms with Crippen LogP contribution in [0, 0.1) is 0 Å². The zero-order valence-corrected chi connectivity index (χ0v) is 11.1. The number of imide groups is 1.